The summed E-state index contributed by atoms with van der Waals surface area (Å²) < 4.78 is 48.5. The molecule has 60 heavy (non-hydrogen) atoms. The molecule has 0 spiro atoms. The average Bonchev–Trinajstić information content (AvgIpc) is 3.20. The normalized spacial score (nSPS) is 20.3. The van der Waals surface area contributed by atoms with Crippen LogP contribution in [0.4, 0.5) is 0 Å². The molecule has 0 aromatic rings. The van der Waals surface area contributed by atoms with E-state index in [2.05, 4.69) is 94.3 Å². The molecule has 1 rings (SSSR count). The summed E-state index contributed by atoms with van der Waals surface area (Å²) >= 11 is 0. The number of terminal acetylenes is 1. The third-order valence-corrected chi connectivity index (χ3v) is 9.66. The van der Waals surface area contributed by atoms with Crippen LogP contribution in [0, 0.1) is 95.2 Å². The number of phosphoric acid groups is 2. The molecule has 0 amide bonds. The first-order valence-corrected chi connectivity index (χ1v) is 22.1. The second-order valence-corrected chi connectivity index (χ2v) is 15.6. The molecule has 0 aromatic heterocycles. The number of aliphatic hydroxyl groups excluding tert-OH is 4. The van der Waals surface area contributed by atoms with Crippen molar-refractivity contribution < 1.29 is 76.9 Å². The van der Waals surface area contributed by atoms with Crippen molar-refractivity contribution in [2.24, 2.45) is 0 Å². The Morgan fingerprint density at radius 1 is 0.583 bits per heavy atom. The summed E-state index contributed by atoms with van der Waals surface area (Å²) in [4.78, 5) is 53.6. The number of hydrogen-bond acceptors (Lipinski definition) is 13. The first-order valence-electron chi connectivity index (χ1n) is 19.1. The van der Waals surface area contributed by atoms with Crippen LogP contribution in [0.3, 0.4) is 0 Å². The maximum Gasteiger partial charge on any atom is 0.472 e. The van der Waals surface area contributed by atoms with Crippen LogP contribution in [0.25, 0.3) is 0 Å². The minimum Gasteiger partial charge on any atom is -0.456 e. The minimum absolute atomic E-state index is 0.0407. The third-order valence-electron chi connectivity index (χ3n) is 8.15. The molecule has 16 nitrogen and oxygen atoms in total. The third kappa shape index (κ3) is 25.9. The molecular formula is C42H50O16P2. The SMILES string of the molecule is C#CC#CC#CC#CC#CC#CC#CC#CC(=O)OC[C@H](COP(=O)(O)OC1C(O)[C@H](O)[C@@H](O)C(OP(=O)(O)O)[C@@H]1O)OC(=O)CCCCCCCCCCCCCCC. The zero-order chi connectivity index (χ0) is 44.7. The molecule has 1 saturated carbocycles. The molecule has 7 N–H and O–H groups in total. The highest BCUT2D eigenvalue weighted by molar-refractivity contribution is 7.47. The zero-order valence-corrected chi connectivity index (χ0v) is 34.9. The Bertz CT molecular complexity index is 1970. The lowest BCUT2D eigenvalue weighted by atomic mass is 9.85. The van der Waals surface area contributed by atoms with Crippen LogP contribution in [0.2, 0.25) is 0 Å². The van der Waals surface area contributed by atoms with Crippen LogP contribution in [0.15, 0.2) is 0 Å². The van der Waals surface area contributed by atoms with Gasteiger partial charge in [0.15, 0.2) is 6.10 Å². The molecule has 0 radical (unpaired) electrons. The van der Waals surface area contributed by atoms with E-state index in [4.69, 9.17) is 34.7 Å². The number of carbonyl (C=O) groups excluding carboxylic acids is 2. The van der Waals surface area contributed by atoms with Gasteiger partial charge in [-0.3, -0.25) is 18.4 Å². The molecule has 18 heteroatoms. The van der Waals surface area contributed by atoms with Crippen molar-refractivity contribution in [3.63, 3.8) is 0 Å². The standard InChI is InChI=1S/C42H50O16P2/c1-3-5-7-9-11-13-15-17-19-20-22-24-26-28-30-35(43)54-32-34(56-36(44)31-29-27-25-23-21-18-16-14-12-10-8-6-4-2)33-55-60(52,53)58-42-39(47)37(45)38(46)41(40(42)48)57-59(49,50)51/h1,34,37-42,45-48H,4,6,8,10,12,14,16,18,21,23,25,27,29,31-33H2,2H3,(H,52,53)(H2,49,50,51)/t34-,37-,38-,39?,40+,41?,42?/m1/s1. The van der Waals surface area contributed by atoms with Gasteiger partial charge < -0.3 is 44.6 Å². The quantitative estimate of drug-likeness (QED) is 0.0241. The highest BCUT2D eigenvalue weighted by atomic mass is 31.2. The Labute approximate surface area is 351 Å². The topological polar surface area (TPSA) is 256 Å². The van der Waals surface area contributed by atoms with Gasteiger partial charge >= 0.3 is 27.6 Å². The second-order valence-electron chi connectivity index (χ2n) is 13.0. The van der Waals surface area contributed by atoms with Gasteiger partial charge in [0.1, 0.15) is 43.2 Å². The van der Waals surface area contributed by atoms with E-state index < -0.39 is 83.5 Å². The summed E-state index contributed by atoms with van der Waals surface area (Å²) in [5, 5.41) is 41.0. The van der Waals surface area contributed by atoms with Crippen LogP contribution in [-0.4, -0.2) is 103 Å². The molecule has 8 atom stereocenters. The van der Waals surface area contributed by atoms with E-state index in [0.717, 1.165) is 32.1 Å². The van der Waals surface area contributed by atoms with Crippen molar-refractivity contribution in [3.05, 3.63) is 0 Å². The molecule has 324 valence electrons. The van der Waals surface area contributed by atoms with Crippen LogP contribution >= 0.6 is 15.6 Å². The average molecular weight is 873 g/mol. The summed E-state index contributed by atoms with van der Waals surface area (Å²) in [6, 6.07) is 0. The maximum atomic E-state index is 12.9. The molecule has 1 aliphatic carbocycles. The lowest BCUT2D eigenvalue weighted by Crippen LogP contribution is -2.64. The van der Waals surface area contributed by atoms with E-state index in [1.165, 1.54) is 44.9 Å². The van der Waals surface area contributed by atoms with Crippen molar-refractivity contribution >= 4 is 27.6 Å². The molecule has 1 fully saturated rings. The Morgan fingerprint density at radius 3 is 1.48 bits per heavy atom. The Morgan fingerprint density at radius 2 is 1.02 bits per heavy atom. The van der Waals surface area contributed by atoms with E-state index in [1.807, 2.05) is 5.92 Å². The predicted octanol–water partition coefficient (Wildman–Crippen LogP) is 2.02. The van der Waals surface area contributed by atoms with Gasteiger partial charge in [-0.05, 0) is 89.3 Å². The van der Waals surface area contributed by atoms with Gasteiger partial charge in [-0.25, -0.2) is 13.9 Å². The monoisotopic (exact) mass is 872 g/mol. The van der Waals surface area contributed by atoms with Crippen molar-refractivity contribution in [2.75, 3.05) is 13.2 Å². The second kappa shape index (κ2) is 31.4. The van der Waals surface area contributed by atoms with Crippen molar-refractivity contribution in [1.82, 2.24) is 0 Å². The number of carbonyl (C=O) groups is 2. The molecule has 0 bridgehead atoms. The summed E-state index contributed by atoms with van der Waals surface area (Å²) in [6.07, 6.45) is 3.74. The summed E-state index contributed by atoms with van der Waals surface area (Å²) in [6.45, 7) is 0.497. The molecular weight excluding hydrogens is 822 g/mol. The van der Waals surface area contributed by atoms with Crippen LogP contribution in [-0.2, 0) is 41.8 Å². The Kier molecular flexibility index (Phi) is 28.0. The Balaban J connectivity index is 2.84. The molecule has 0 aliphatic heterocycles. The maximum absolute atomic E-state index is 12.9. The lowest BCUT2D eigenvalue weighted by molar-refractivity contribution is -0.216. The zero-order valence-electron chi connectivity index (χ0n) is 33.1. The van der Waals surface area contributed by atoms with Gasteiger partial charge in [0.2, 0.25) is 0 Å². The van der Waals surface area contributed by atoms with Crippen molar-refractivity contribution in [2.45, 2.75) is 140 Å². The van der Waals surface area contributed by atoms with E-state index >= 15 is 0 Å². The fraction of sp³-hybridized carbons (Fsp3) is 0.571. The molecule has 4 unspecified atom stereocenters. The van der Waals surface area contributed by atoms with Crippen molar-refractivity contribution in [1.29, 1.82) is 0 Å². The van der Waals surface area contributed by atoms with Gasteiger partial charge in [0.05, 0.1) is 6.61 Å². The molecule has 1 aliphatic rings. The smallest absolute Gasteiger partial charge is 0.456 e. The van der Waals surface area contributed by atoms with Gasteiger partial charge in [-0.2, -0.15) is 0 Å². The van der Waals surface area contributed by atoms with E-state index in [0.29, 0.717) is 6.42 Å². The highest BCUT2D eigenvalue weighted by Gasteiger charge is 2.54. The van der Waals surface area contributed by atoms with Gasteiger partial charge in [0, 0.05) is 12.3 Å². The predicted molar refractivity (Wildman–Crippen MR) is 216 cm³/mol. The fourth-order valence-electron chi connectivity index (χ4n) is 5.27. The first-order chi connectivity index (χ1) is 28.6. The lowest BCUT2D eigenvalue weighted by Gasteiger charge is -2.43. The summed E-state index contributed by atoms with van der Waals surface area (Å²) in [5.41, 5.74) is 0. The van der Waals surface area contributed by atoms with Gasteiger partial charge in [-0.1, -0.05) is 84.0 Å². The molecule has 0 heterocycles. The number of unbranched alkanes of at least 4 members (excludes halogenated alkanes) is 12. The van der Waals surface area contributed by atoms with Crippen LogP contribution in [0.1, 0.15) is 96.8 Å². The van der Waals surface area contributed by atoms with E-state index in [-0.39, 0.29) is 6.42 Å². The van der Waals surface area contributed by atoms with Gasteiger partial charge in [0.25, 0.3) is 0 Å². The van der Waals surface area contributed by atoms with Crippen LogP contribution < -0.4 is 0 Å². The number of phosphoric ester groups is 2. The molecule has 0 saturated heterocycles. The highest BCUT2D eigenvalue weighted by Crippen LogP contribution is 2.49. The van der Waals surface area contributed by atoms with E-state index in [1.54, 1.807) is 0 Å². The number of rotatable bonds is 24. The minimum atomic E-state index is -5.40. The number of ether oxygens (including phenoxy) is 2. The Hall–Kier alpha value is -4.52. The molecule has 0 aromatic carbocycles. The number of aliphatic hydroxyl groups is 4. The summed E-state index contributed by atoms with van der Waals surface area (Å²) in [7, 11) is -10.8. The van der Waals surface area contributed by atoms with Crippen LogP contribution in [0.5, 0.6) is 0 Å². The van der Waals surface area contributed by atoms with E-state index in [9.17, 15) is 44.0 Å². The number of hydrogen-bond donors (Lipinski definition) is 7. The van der Waals surface area contributed by atoms with Crippen molar-refractivity contribution in [3.8, 4) is 95.2 Å². The number of esters is 2. The van der Waals surface area contributed by atoms with Gasteiger partial charge in [-0.15, -0.1) is 6.42 Å². The first kappa shape index (κ1) is 53.5. The summed E-state index contributed by atoms with van der Waals surface area (Å²) in [5.74, 6) is 32.8. The fourth-order valence-corrected chi connectivity index (χ4v) is 6.81. The largest absolute Gasteiger partial charge is 0.472 e.